The Labute approximate surface area is 105 Å². The van der Waals surface area contributed by atoms with E-state index in [2.05, 4.69) is 27.3 Å². The highest BCUT2D eigenvalue weighted by molar-refractivity contribution is 9.10. The molecule has 1 rings (SSSR count). The fraction of sp³-hybridized carbons (Fsp3) is 0.417. The van der Waals surface area contributed by atoms with Gasteiger partial charge in [-0.15, -0.1) is 0 Å². The summed E-state index contributed by atoms with van der Waals surface area (Å²) in [5, 5.41) is 12.1. The van der Waals surface area contributed by atoms with E-state index in [1.807, 2.05) is 12.1 Å². The van der Waals surface area contributed by atoms with Gasteiger partial charge < -0.3 is 10.1 Å². The molecular weight excluding hydrogens is 268 g/mol. The number of benzene rings is 1. The molecule has 4 heteroatoms. The quantitative estimate of drug-likeness (QED) is 0.816. The molecule has 0 atom stereocenters. The Morgan fingerprint density at radius 2 is 2.19 bits per heavy atom. The molecule has 0 aromatic heterocycles. The van der Waals surface area contributed by atoms with Crippen molar-refractivity contribution < 1.29 is 4.74 Å². The average molecular weight is 283 g/mol. The van der Waals surface area contributed by atoms with Gasteiger partial charge >= 0.3 is 0 Å². The van der Waals surface area contributed by atoms with Crippen molar-refractivity contribution in [2.75, 3.05) is 25.6 Å². The lowest BCUT2D eigenvalue weighted by molar-refractivity contribution is 0.194. The smallest absolute Gasteiger partial charge is 0.0992 e. The van der Waals surface area contributed by atoms with Crippen molar-refractivity contribution in [3.63, 3.8) is 0 Å². The van der Waals surface area contributed by atoms with E-state index < -0.39 is 0 Å². The van der Waals surface area contributed by atoms with Crippen LogP contribution in [0.1, 0.15) is 18.4 Å². The van der Waals surface area contributed by atoms with Crippen LogP contribution in [0.2, 0.25) is 0 Å². The van der Waals surface area contributed by atoms with E-state index in [4.69, 9.17) is 10.00 Å². The summed E-state index contributed by atoms with van der Waals surface area (Å²) in [6.07, 6.45) is 2.10. The molecule has 1 aromatic rings. The van der Waals surface area contributed by atoms with Gasteiger partial charge in [0.2, 0.25) is 0 Å². The number of nitrogens with one attached hydrogen (secondary N) is 1. The fourth-order valence-corrected chi connectivity index (χ4v) is 1.85. The SMILES string of the molecule is COCCCCNc1cc(Br)cc(C#N)c1. The number of nitriles is 1. The van der Waals surface area contributed by atoms with Gasteiger partial charge in [-0.25, -0.2) is 0 Å². The van der Waals surface area contributed by atoms with Gasteiger partial charge in [0.25, 0.3) is 0 Å². The average Bonchev–Trinajstić information content (AvgIpc) is 2.28. The lowest BCUT2D eigenvalue weighted by Gasteiger charge is -2.07. The maximum Gasteiger partial charge on any atom is 0.0992 e. The molecule has 0 bridgehead atoms. The van der Waals surface area contributed by atoms with Crippen molar-refractivity contribution >= 4 is 21.6 Å². The van der Waals surface area contributed by atoms with Gasteiger partial charge in [0.05, 0.1) is 11.6 Å². The highest BCUT2D eigenvalue weighted by Gasteiger charge is 1.98. The monoisotopic (exact) mass is 282 g/mol. The topological polar surface area (TPSA) is 45.0 Å². The van der Waals surface area contributed by atoms with Crippen LogP contribution in [0.25, 0.3) is 0 Å². The van der Waals surface area contributed by atoms with Crippen LogP contribution in [-0.2, 0) is 4.74 Å². The van der Waals surface area contributed by atoms with Gasteiger partial charge in [0.15, 0.2) is 0 Å². The van der Waals surface area contributed by atoms with Gasteiger partial charge in [-0.2, -0.15) is 5.26 Å². The molecule has 0 heterocycles. The number of unbranched alkanes of at least 4 members (excludes halogenated alkanes) is 1. The first-order chi connectivity index (χ1) is 7.76. The Balaban J connectivity index is 2.42. The van der Waals surface area contributed by atoms with Crippen LogP contribution >= 0.6 is 15.9 Å². The fourth-order valence-electron chi connectivity index (χ4n) is 1.36. The van der Waals surface area contributed by atoms with Crippen LogP contribution in [0.4, 0.5) is 5.69 Å². The maximum atomic E-state index is 8.81. The molecule has 0 radical (unpaired) electrons. The van der Waals surface area contributed by atoms with Crippen LogP contribution < -0.4 is 5.32 Å². The molecule has 0 aliphatic heterocycles. The van der Waals surface area contributed by atoms with Gasteiger partial charge in [-0.1, -0.05) is 15.9 Å². The second-order valence-electron chi connectivity index (χ2n) is 3.47. The molecule has 3 nitrogen and oxygen atoms in total. The summed E-state index contributed by atoms with van der Waals surface area (Å²) in [6.45, 7) is 1.69. The van der Waals surface area contributed by atoms with Crippen LogP contribution in [-0.4, -0.2) is 20.3 Å². The van der Waals surface area contributed by atoms with Crippen LogP contribution in [0.15, 0.2) is 22.7 Å². The van der Waals surface area contributed by atoms with E-state index in [0.29, 0.717) is 5.56 Å². The minimum absolute atomic E-state index is 0.661. The summed E-state index contributed by atoms with van der Waals surface area (Å²) in [5.41, 5.74) is 1.64. The molecule has 86 valence electrons. The van der Waals surface area contributed by atoms with E-state index in [-0.39, 0.29) is 0 Å². The summed E-state index contributed by atoms with van der Waals surface area (Å²) >= 11 is 3.38. The number of methoxy groups -OCH3 is 1. The molecule has 1 aromatic carbocycles. The zero-order valence-electron chi connectivity index (χ0n) is 9.29. The van der Waals surface area contributed by atoms with Crippen molar-refractivity contribution in [2.45, 2.75) is 12.8 Å². The molecule has 16 heavy (non-hydrogen) atoms. The Morgan fingerprint density at radius 1 is 1.38 bits per heavy atom. The highest BCUT2D eigenvalue weighted by Crippen LogP contribution is 2.19. The van der Waals surface area contributed by atoms with Crippen molar-refractivity contribution in [2.24, 2.45) is 0 Å². The van der Waals surface area contributed by atoms with Gasteiger partial charge in [0, 0.05) is 30.4 Å². The van der Waals surface area contributed by atoms with Crippen molar-refractivity contribution in [1.29, 1.82) is 5.26 Å². The molecule has 0 amide bonds. The Bertz CT molecular complexity index is 374. The maximum absolute atomic E-state index is 8.81. The number of ether oxygens (including phenoxy) is 1. The van der Waals surface area contributed by atoms with Gasteiger partial charge in [-0.3, -0.25) is 0 Å². The van der Waals surface area contributed by atoms with Crippen molar-refractivity contribution in [3.05, 3.63) is 28.2 Å². The first kappa shape index (κ1) is 13.0. The zero-order chi connectivity index (χ0) is 11.8. The molecule has 0 aliphatic carbocycles. The summed E-state index contributed by atoms with van der Waals surface area (Å²) in [6, 6.07) is 7.75. The van der Waals surface area contributed by atoms with Crippen molar-refractivity contribution in [1.82, 2.24) is 0 Å². The number of anilines is 1. The predicted octanol–water partition coefficient (Wildman–Crippen LogP) is 3.16. The summed E-state index contributed by atoms with van der Waals surface area (Å²) in [7, 11) is 1.71. The Kier molecular flexibility index (Phi) is 5.91. The molecule has 0 spiro atoms. The highest BCUT2D eigenvalue weighted by atomic mass is 79.9. The Hall–Kier alpha value is -1.05. The van der Waals surface area contributed by atoms with Crippen LogP contribution in [0.5, 0.6) is 0 Å². The van der Waals surface area contributed by atoms with Crippen LogP contribution in [0, 0.1) is 11.3 Å². The third-order valence-corrected chi connectivity index (χ3v) is 2.59. The normalized spacial score (nSPS) is 9.81. The number of hydrogen-bond acceptors (Lipinski definition) is 3. The van der Waals surface area contributed by atoms with E-state index in [1.54, 1.807) is 13.2 Å². The molecule has 0 unspecified atom stereocenters. The van der Waals surface area contributed by atoms with Crippen molar-refractivity contribution in [3.8, 4) is 6.07 Å². The van der Waals surface area contributed by atoms with E-state index in [9.17, 15) is 0 Å². The Morgan fingerprint density at radius 3 is 2.88 bits per heavy atom. The number of rotatable bonds is 6. The third kappa shape index (κ3) is 4.65. The standard InChI is InChI=1S/C12H15BrN2O/c1-16-5-3-2-4-15-12-7-10(9-14)6-11(13)8-12/h6-8,15H,2-5H2,1H3. The first-order valence-electron chi connectivity index (χ1n) is 5.20. The van der Waals surface area contributed by atoms with Gasteiger partial charge in [-0.05, 0) is 31.0 Å². The lowest BCUT2D eigenvalue weighted by atomic mass is 10.2. The number of hydrogen-bond donors (Lipinski definition) is 1. The molecular formula is C12H15BrN2O. The summed E-state index contributed by atoms with van der Waals surface area (Å²) in [5.74, 6) is 0. The molecule has 0 fully saturated rings. The van der Waals surface area contributed by atoms with E-state index >= 15 is 0 Å². The third-order valence-electron chi connectivity index (χ3n) is 2.13. The largest absolute Gasteiger partial charge is 0.385 e. The predicted molar refractivity (Wildman–Crippen MR) is 68.5 cm³/mol. The van der Waals surface area contributed by atoms with Gasteiger partial charge in [0.1, 0.15) is 0 Å². The molecule has 1 N–H and O–H groups in total. The lowest BCUT2D eigenvalue weighted by Crippen LogP contribution is -2.03. The molecule has 0 aliphatic rings. The minimum atomic E-state index is 0.661. The zero-order valence-corrected chi connectivity index (χ0v) is 10.9. The molecule has 0 saturated heterocycles. The summed E-state index contributed by atoms with van der Waals surface area (Å²) < 4.78 is 5.89. The number of halogens is 1. The van der Waals surface area contributed by atoms with E-state index in [0.717, 1.165) is 36.2 Å². The minimum Gasteiger partial charge on any atom is -0.385 e. The summed E-state index contributed by atoms with van der Waals surface area (Å²) in [4.78, 5) is 0. The first-order valence-corrected chi connectivity index (χ1v) is 5.99. The van der Waals surface area contributed by atoms with Crippen LogP contribution in [0.3, 0.4) is 0 Å². The second kappa shape index (κ2) is 7.26. The number of nitrogens with zero attached hydrogens (tertiary/aromatic N) is 1. The van der Waals surface area contributed by atoms with E-state index in [1.165, 1.54) is 0 Å². The second-order valence-corrected chi connectivity index (χ2v) is 4.38. The molecule has 0 saturated carbocycles.